The first-order chi connectivity index (χ1) is 12.3. The lowest BCUT2D eigenvalue weighted by Crippen LogP contribution is -2.65. The number of halogens is 3. The first-order valence-electron chi connectivity index (χ1n) is 8.11. The number of amides is 1. The molecule has 0 aromatic heterocycles. The maximum atomic E-state index is 12.7. The first kappa shape index (κ1) is 24.4. The summed E-state index contributed by atoms with van der Waals surface area (Å²) in [6.07, 6.45) is -3.22. The topological polar surface area (TPSA) is 117 Å². The Balaban J connectivity index is 3.29. The molecule has 0 spiro atoms. The zero-order valence-corrected chi connectivity index (χ0v) is 17.1. The highest BCUT2D eigenvalue weighted by atomic mass is 32.2. The van der Waals surface area contributed by atoms with Gasteiger partial charge in [-0.1, -0.05) is 0 Å². The molecule has 1 N–H and O–H groups in total. The van der Waals surface area contributed by atoms with Gasteiger partial charge in [0.15, 0.2) is 5.54 Å². The molecule has 1 aliphatic heterocycles. The molecule has 0 aromatic carbocycles. The number of rotatable bonds is 4. The molecular formula is C15H24F3NO8S. The predicted molar refractivity (Wildman–Crippen MR) is 88.6 cm³/mol. The average molecular weight is 435 g/mol. The van der Waals surface area contributed by atoms with E-state index in [0.717, 1.165) is 0 Å². The van der Waals surface area contributed by atoms with Crippen LogP contribution in [0.15, 0.2) is 0 Å². The second-order valence-corrected chi connectivity index (χ2v) is 9.66. The Morgan fingerprint density at radius 3 is 1.96 bits per heavy atom. The molecule has 1 aliphatic rings. The van der Waals surface area contributed by atoms with Gasteiger partial charge in [0.25, 0.3) is 0 Å². The molecule has 0 saturated carbocycles. The van der Waals surface area contributed by atoms with E-state index in [1.165, 1.54) is 41.5 Å². The van der Waals surface area contributed by atoms with Gasteiger partial charge in [0, 0.05) is 0 Å². The minimum absolute atomic E-state index is 0.681. The molecule has 9 nitrogen and oxygen atoms in total. The van der Waals surface area contributed by atoms with Crippen LogP contribution in [-0.2, 0) is 33.3 Å². The summed E-state index contributed by atoms with van der Waals surface area (Å²) in [4.78, 5) is 24.9. The molecule has 13 heteroatoms. The Hall–Kier alpha value is -1.60. The van der Waals surface area contributed by atoms with Gasteiger partial charge in [-0.05, 0) is 41.5 Å². The zero-order chi connectivity index (χ0) is 22.2. The smallest absolute Gasteiger partial charge is 0.458 e. The van der Waals surface area contributed by atoms with E-state index in [1.807, 2.05) is 0 Å². The van der Waals surface area contributed by atoms with E-state index in [1.54, 1.807) is 0 Å². The standard InChI is InChI=1S/C15H24F3NO8S/c1-12(2,3)25-10(20)14(19-11(21)26-13(4,5)6)8-24-7-9(14)27-28(22,23)15(16,17)18/h9H,7-8H2,1-6H3,(H,19,21)/t9-,14+/m0/s1. The van der Waals surface area contributed by atoms with Gasteiger partial charge in [0.2, 0.25) is 0 Å². The van der Waals surface area contributed by atoms with E-state index in [-0.39, 0.29) is 0 Å². The van der Waals surface area contributed by atoms with Crippen LogP contribution in [0.25, 0.3) is 0 Å². The fraction of sp³-hybridized carbons (Fsp3) is 0.867. The minimum atomic E-state index is -6.08. The summed E-state index contributed by atoms with van der Waals surface area (Å²) >= 11 is 0. The number of hydrogen-bond acceptors (Lipinski definition) is 8. The molecule has 1 fully saturated rings. The molecule has 164 valence electrons. The van der Waals surface area contributed by atoms with E-state index in [4.69, 9.17) is 14.2 Å². The largest absolute Gasteiger partial charge is 0.523 e. The molecule has 0 bridgehead atoms. The van der Waals surface area contributed by atoms with E-state index in [9.17, 15) is 31.2 Å². The molecule has 0 aromatic rings. The molecule has 0 radical (unpaired) electrons. The van der Waals surface area contributed by atoms with Gasteiger partial charge in [-0.2, -0.15) is 21.6 Å². The van der Waals surface area contributed by atoms with Gasteiger partial charge in [-0.15, -0.1) is 0 Å². The second kappa shape index (κ2) is 7.67. The Morgan fingerprint density at radius 1 is 1.04 bits per heavy atom. The van der Waals surface area contributed by atoms with Gasteiger partial charge in [0.05, 0.1) is 13.2 Å². The summed E-state index contributed by atoms with van der Waals surface area (Å²) < 4.78 is 80.3. The molecule has 0 aliphatic carbocycles. The maximum Gasteiger partial charge on any atom is 0.523 e. The predicted octanol–water partition coefficient (Wildman–Crippen LogP) is 1.86. The van der Waals surface area contributed by atoms with Crippen molar-refractivity contribution in [3.63, 3.8) is 0 Å². The monoisotopic (exact) mass is 435 g/mol. The van der Waals surface area contributed by atoms with Crippen molar-refractivity contribution >= 4 is 22.2 Å². The molecule has 0 unspecified atom stereocenters. The van der Waals surface area contributed by atoms with Crippen LogP contribution in [0.3, 0.4) is 0 Å². The fourth-order valence-electron chi connectivity index (χ4n) is 2.09. The summed E-state index contributed by atoms with van der Waals surface area (Å²) in [7, 11) is -6.08. The molecule has 1 saturated heterocycles. The van der Waals surface area contributed by atoms with Gasteiger partial charge in [0.1, 0.15) is 17.3 Å². The summed E-state index contributed by atoms with van der Waals surface area (Å²) in [6, 6.07) is 0. The molecule has 1 amide bonds. The third-order valence-corrected chi connectivity index (χ3v) is 4.21. The SMILES string of the molecule is CC(C)(C)OC(=O)N[C@]1(C(=O)OC(C)(C)C)COC[C@@H]1OS(=O)(=O)C(F)(F)F. The lowest BCUT2D eigenvalue weighted by atomic mass is 9.95. The lowest BCUT2D eigenvalue weighted by molar-refractivity contribution is -0.166. The molecule has 2 atom stereocenters. The molecule has 1 rings (SSSR count). The van der Waals surface area contributed by atoms with Gasteiger partial charge in [-0.3, -0.25) is 4.18 Å². The third kappa shape index (κ3) is 6.21. The van der Waals surface area contributed by atoms with Gasteiger partial charge < -0.3 is 19.5 Å². The van der Waals surface area contributed by atoms with Crippen LogP contribution >= 0.6 is 0 Å². The Bertz CT molecular complexity index is 708. The summed E-state index contributed by atoms with van der Waals surface area (Å²) in [5.41, 5.74) is -10.2. The van der Waals surface area contributed by atoms with Crippen LogP contribution in [0.5, 0.6) is 0 Å². The number of alkyl halides is 3. The molecule has 1 heterocycles. The van der Waals surface area contributed by atoms with Crippen LogP contribution < -0.4 is 5.32 Å². The van der Waals surface area contributed by atoms with Crippen molar-refractivity contribution in [1.29, 1.82) is 0 Å². The van der Waals surface area contributed by atoms with E-state index in [0.29, 0.717) is 0 Å². The Kier molecular flexibility index (Phi) is 6.70. The van der Waals surface area contributed by atoms with Crippen molar-refractivity contribution in [2.75, 3.05) is 13.2 Å². The highest BCUT2D eigenvalue weighted by molar-refractivity contribution is 7.87. The van der Waals surface area contributed by atoms with Crippen molar-refractivity contribution in [2.24, 2.45) is 0 Å². The molecule has 28 heavy (non-hydrogen) atoms. The van der Waals surface area contributed by atoms with Crippen molar-refractivity contribution in [3.05, 3.63) is 0 Å². The number of alkyl carbamates (subject to hydrolysis) is 1. The number of nitrogens with one attached hydrogen (secondary N) is 1. The number of carbonyl (C=O) groups excluding carboxylic acids is 2. The van der Waals surface area contributed by atoms with Crippen LogP contribution in [0.2, 0.25) is 0 Å². The number of carbonyl (C=O) groups is 2. The van der Waals surface area contributed by atoms with Crippen LogP contribution in [-0.4, -0.2) is 62.0 Å². The normalized spacial score (nSPS) is 24.0. The summed E-state index contributed by atoms with van der Waals surface area (Å²) in [5, 5.41) is 2.08. The van der Waals surface area contributed by atoms with Gasteiger partial charge >= 0.3 is 27.7 Å². The van der Waals surface area contributed by atoms with Crippen LogP contribution in [0.4, 0.5) is 18.0 Å². The Labute approximate surface area is 161 Å². The minimum Gasteiger partial charge on any atom is -0.458 e. The molecular weight excluding hydrogens is 411 g/mol. The highest BCUT2D eigenvalue weighted by Gasteiger charge is 2.60. The number of esters is 1. The highest BCUT2D eigenvalue weighted by Crippen LogP contribution is 2.33. The zero-order valence-electron chi connectivity index (χ0n) is 16.3. The third-order valence-electron chi connectivity index (χ3n) is 3.16. The maximum absolute atomic E-state index is 12.7. The fourth-order valence-corrected chi connectivity index (χ4v) is 2.73. The van der Waals surface area contributed by atoms with Gasteiger partial charge in [-0.25, -0.2) is 9.59 Å². The Morgan fingerprint density at radius 2 is 1.54 bits per heavy atom. The van der Waals surface area contributed by atoms with Crippen LogP contribution in [0.1, 0.15) is 41.5 Å². The summed E-state index contributed by atoms with van der Waals surface area (Å²) in [5.74, 6) is -1.23. The second-order valence-electron chi connectivity index (χ2n) is 8.10. The summed E-state index contributed by atoms with van der Waals surface area (Å²) in [6.45, 7) is 7.57. The first-order valence-corrected chi connectivity index (χ1v) is 9.52. The van der Waals surface area contributed by atoms with Crippen molar-refractivity contribution in [1.82, 2.24) is 5.32 Å². The lowest BCUT2D eigenvalue weighted by Gasteiger charge is -2.34. The van der Waals surface area contributed by atoms with Crippen molar-refractivity contribution in [3.8, 4) is 0 Å². The number of hydrogen-bond donors (Lipinski definition) is 1. The van der Waals surface area contributed by atoms with E-state index in [2.05, 4.69) is 9.50 Å². The van der Waals surface area contributed by atoms with Crippen molar-refractivity contribution in [2.45, 2.75) is 69.9 Å². The van der Waals surface area contributed by atoms with Crippen LogP contribution in [0, 0.1) is 0 Å². The average Bonchev–Trinajstić information content (AvgIpc) is 2.76. The van der Waals surface area contributed by atoms with Crippen molar-refractivity contribution < 1.29 is 49.6 Å². The van der Waals surface area contributed by atoms with E-state index < -0.39 is 63.7 Å². The number of ether oxygens (including phenoxy) is 3. The van der Waals surface area contributed by atoms with E-state index >= 15 is 0 Å². The quantitative estimate of drug-likeness (QED) is 0.404.